The number of benzene rings is 1. The molecule has 1 saturated heterocycles. The van der Waals surface area contributed by atoms with Crippen LogP contribution in [0, 0.1) is 12.8 Å². The largest absolute Gasteiger partial charge is 0.355 e. The summed E-state index contributed by atoms with van der Waals surface area (Å²) in [6.07, 6.45) is 5.23. The van der Waals surface area contributed by atoms with E-state index < -0.39 is 0 Å². The van der Waals surface area contributed by atoms with Gasteiger partial charge in [0.05, 0.1) is 11.9 Å². The monoisotopic (exact) mass is 315 g/mol. The van der Waals surface area contributed by atoms with Gasteiger partial charge in [-0.25, -0.2) is 4.98 Å². The van der Waals surface area contributed by atoms with Gasteiger partial charge in [-0.3, -0.25) is 9.78 Å². The molecule has 0 radical (unpaired) electrons. The lowest BCUT2D eigenvalue weighted by Gasteiger charge is -2.32. The molecule has 4 nitrogen and oxygen atoms in total. The third-order valence-corrected chi connectivity index (χ3v) is 4.31. The molecule has 1 aromatic heterocycles. The van der Waals surface area contributed by atoms with Gasteiger partial charge in [-0.1, -0.05) is 11.6 Å². The molecule has 0 atom stereocenters. The molecule has 22 heavy (non-hydrogen) atoms. The van der Waals surface area contributed by atoms with Crippen LogP contribution in [-0.2, 0) is 0 Å². The number of aromatic nitrogens is 2. The number of piperidine rings is 1. The zero-order valence-corrected chi connectivity index (χ0v) is 13.3. The minimum absolute atomic E-state index is 0.0789. The molecule has 0 unspecified atom stereocenters. The lowest BCUT2D eigenvalue weighted by atomic mass is 9.89. The Kier molecular flexibility index (Phi) is 4.39. The smallest absolute Gasteiger partial charge is 0.166 e. The second-order valence-electron chi connectivity index (χ2n) is 5.65. The molecule has 0 aliphatic carbocycles. The number of carbonyl (C=O) groups is 1. The number of carbonyl (C=O) groups excluding carboxylic acids is 1. The number of hydrogen-bond donors (Lipinski definition) is 0. The van der Waals surface area contributed by atoms with Crippen LogP contribution in [0.1, 0.15) is 28.9 Å². The summed E-state index contributed by atoms with van der Waals surface area (Å²) in [6, 6.07) is 7.16. The highest BCUT2D eigenvalue weighted by Gasteiger charge is 2.26. The van der Waals surface area contributed by atoms with Crippen molar-refractivity contribution in [1.29, 1.82) is 0 Å². The summed E-state index contributed by atoms with van der Waals surface area (Å²) in [4.78, 5) is 23.4. The number of anilines is 1. The van der Waals surface area contributed by atoms with Gasteiger partial charge in [0.1, 0.15) is 5.82 Å². The number of Topliss-reactive ketones (excluding diaryl/α,β-unsaturated/α-hetero) is 1. The van der Waals surface area contributed by atoms with E-state index >= 15 is 0 Å². The number of rotatable bonds is 3. The highest BCUT2D eigenvalue weighted by molar-refractivity contribution is 6.30. The molecule has 2 aromatic rings. The Morgan fingerprint density at radius 3 is 2.50 bits per heavy atom. The Balaban J connectivity index is 1.64. The van der Waals surface area contributed by atoms with Crippen LogP contribution in [0.5, 0.6) is 0 Å². The SMILES string of the molecule is Cc1cncc(N2CCC(C(=O)c3ccc(Cl)cc3)CC2)n1. The van der Waals surface area contributed by atoms with Crippen LogP contribution >= 0.6 is 11.6 Å². The summed E-state index contributed by atoms with van der Waals surface area (Å²) >= 11 is 5.87. The van der Waals surface area contributed by atoms with Gasteiger partial charge in [0.2, 0.25) is 0 Å². The summed E-state index contributed by atoms with van der Waals surface area (Å²) in [6.45, 7) is 3.61. The van der Waals surface area contributed by atoms with E-state index in [-0.39, 0.29) is 11.7 Å². The van der Waals surface area contributed by atoms with E-state index in [1.807, 2.05) is 19.1 Å². The van der Waals surface area contributed by atoms with Crippen molar-refractivity contribution in [2.75, 3.05) is 18.0 Å². The molecule has 0 N–H and O–H groups in total. The van der Waals surface area contributed by atoms with Crippen molar-refractivity contribution in [1.82, 2.24) is 9.97 Å². The number of ketones is 1. The Labute approximate surface area is 135 Å². The first-order valence-corrected chi connectivity index (χ1v) is 7.84. The fourth-order valence-electron chi connectivity index (χ4n) is 2.82. The first-order chi connectivity index (χ1) is 10.6. The van der Waals surface area contributed by atoms with E-state index in [2.05, 4.69) is 14.9 Å². The lowest BCUT2D eigenvalue weighted by Crippen LogP contribution is -2.37. The molecular weight excluding hydrogens is 298 g/mol. The fraction of sp³-hybridized carbons (Fsp3) is 0.353. The van der Waals surface area contributed by atoms with Crippen LogP contribution in [0.2, 0.25) is 5.02 Å². The quantitative estimate of drug-likeness (QED) is 0.813. The third-order valence-electron chi connectivity index (χ3n) is 4.06. The highest BCUT2D eigenvalue weighted by atomic mass is 35.5. The maximum absolute atomic E-state index is 12.5. The van der Waals surface area contributed by atoms with Gasteiger partial charge < -0.3 is 4.90 Å². The van der Waals surface area contributed by atoms with Crippen molar-refractivity contribution in [2.45, 2.75) is 19.8 Å². The van der Waals surface area contributed by atoms with E-state index in [9.17, 15) is 4.79 Å². The molecule has 1 aliphatic heterocycles. The summed E-state index contributed by atoms with van der Waals surface area (Å²) in [5.41, 5.74) is 1.66. The summed E-state index contributed by atoms with van der Waals surface area (Å²) in [5.74, 6) is 1.19. The fourth-order valence-corrected chi connectivity index (χ4v) is 2.95. The number of nitrogens with zero attached hydrogens (tertiary/aromatic N) is 3. The van der Waals surface area contributed by atoms with Crippen LogP contribution in [0.4, 0.5) is 5.82 Å². The lowest BCUT2D eigenvalue weighted by molar-refractivity contribution is 0.0900. The predicted octanol–water partition coefficient (Wildman–Crippen LogP) is 3.54. The highest BCUT2D eigenvalue weighted by Crippen LogP contribution is 2.25. The second-order valence-corrected chi connectivity index (χ2v) is 6.09. The maximum Gasteiger partial charge on any atom is 0.166 e. The predicted molar refractivity (Wildman–Crippen MR) is 87.5 cm³/mol. The molecule has 0 bridgehead atoms. The zero-order valence-electron chi connectivity index (χ0n) is 12.5. The van der Waals surface area contributed by atoms with E-state index in [0.717, 1.165) is 43.0 Å². The molecule has 1 fully saturated rings. The molecule has 2 heterocycles. The second kappa shape index (κ2) is 6.44. The van der Waals surface area contributed by atoms with Crippen molar-refractivity contribution in [3.8, 4) is 0 Å². The van der Waals surface area contributed by atoms with Gasteiger partial charge in [0.15, 0.2) is 5.78 Å². The number of aryl methyl sites for hydroxylation is 1. The molecule has 114 valence electrons. The minimum atomic E-state index is 0.0789. The van der Waals surface area contributed by atoms with Crippen molar-refractivity contribution in [3.05, 3.63) is 52.9 Å². The van der Waals surface area contributed by atoms with Gasteiger partial charge >= 0.3 is 0 Å². The van der Waals surface area contributed by atoms with Crippen LogP contribution in [0.25, 0.3) is 0 Å². The molecule has 5 heteroatoms. The van der Waals surface area contributed by atoms with Gasteiger partial charge in [-0.15, -0.1) is 0 Å². The van der Waals surface area contributed by atoms with Gasteiger partial charge in [0, 0.05) is 35.8 Å². The van der Waals surface area contributed by atoms with E-state index in [1.165, 1.54) is 0 Å². The van der Waals surface area contributed by atoms with Gasteiger partial charge in [0.25, 0.3) is 0 Å². The molecule has 0 spiro atoms. The van der Waals surface area contributed by atoms with Crippen molar-refractivity contribution < 1.29 is 4.79 Å². The standard InChI is InChI=1S/C17H18ClN3O/c1-12-10-19-11-16(20-12)21-8-6-14(7-9-21)17(22)13-2-4-15(18)5-3-13/h2-5,10-11,14H,6-9H2,1H3. The van der Waals surface area contributed by atoms with Crippen molar-refractivity contribution in [3.63, 3.8) is 0 Å². The van der Waals surface area contributed by atoms with Crippen molar-refractivity contribution in [2.24, 2.45) is 5.92 Å². The van der Waals surface area contributed by atoms with Gasteiger partial charge in [-0.05, 0) is 44.0 Å². The molecular formula is C17H18ClN3O. The van der Waals surface area contributed by atoms with Crippen LogP contribution in [0.3, 0.4) is 0 Å². The Hall–Kier alpha value is -1.94. The van der Waals surface area contributed by atoms with Crippen LogP contribution in [-0.4, -0.2) is 28.8 Å². The first kappa shape index (κ1) is 15.0. The third kappa shape index (κ3) is 3.28. The van der Waals surface area contributed by atoms with Crippen LogP contribution in [0.15, 0.2) is 36.7 Å². The average molecular weight is 316 g/mol. The first-order valence-electron chi connectivity index (χ1n) is 7.47. The normalized spacial score (nSPS) is 15.8. The summed E-state index contributed by atoms with van der Waals surface area (Å²) in [5, 5.41) is 0.657. The van der Waals surface area contributed by atoms with Crippen LogP contribution < -0.4 is 4.90 Å². The molecule has 0 saturated carbocycles. The molecule has 3 rings (SSSR count). The molecule has 1 aromatic carbocycles. The van der Waals surface area contributed by atoms with E-state index in [0.29, 0.717) is 5.02 Å². The zero-order chi connectivity index (χ0) is 15.5. The maximum atomic E-state index is 12.5. The van der Waals surface area contributed by atoms with E-state index in [4.69, 9.17) is 11.6 Å². The van der Waals surface area contributed by atoms with Crippen molar-refractivity contribution >= 4 is 23.2 Å². The topological polar surface area (TPSA) is 46.1 Å². The van der Waals surface area contributed by atoms with Gasteiger partial charge in [-0.2, -0.15) is 0 Å². The average Bonchev–Trinajstić information content (AvgIpc) is 2.55. The number of hydrogen-bond acceptors (Lipinski definition) is 4. The Morgan fingerprint density at radius 2 is 1.86 bits per heavy atom. The Morgan fingerprint density at radius 1 is 1.18 bits per heavy atom. The number of halogens is 1. The Bertz CT molecular complexity index is 664. The molecule has 1 aliphatic rings. The summed E-state index contributed by atoms with van der Waals surface area (Å²) in [7, 11) is 0. The minimum Gasteiger partial charge on any atom is -0.355 e. The van der Waals surface area contributed by atoms with E-state index in [1.54, 1.807) is 24.5 Å². The molecule has 0 amide bonds. The summed E-state index contributed by atoms with van der Waals surface area (Å²) < 4.78 is 0.